The highest BCUT2D eigenvalue weighted by molar-refractivity contribution is 7.17. The molecule has 0 radical (unpaired) electrons. The number of hydrogen-bond donors (Lipinski definition) is 0. The molecule has 12 heavy (non-hydrogen) atoms. The van der Waals surface area contributed by atoms with Crippen LogP contribution >= 0.6 is 11.3 Å². The van der Waals surface area contributed by atoms with Crippen molar-refractivity contribution in [3.63, 3.8) is 0 Å². The number of ether oxygens (including phenoxy) is 1. The van der Waals surface area contributed by atoms with Crippen molar-refractivity contribution < 1.29 is 4.74 Å². The van der Waals surface area contributed by atoms with Crippen LogP contribution in [0, 0.1) is 6.92 Å². The van der Waals surface area contributed by atoms with Crippen LogP contribution in [0.2, 0.25) is 0 Å². The van der Waals surface area contributed by atoms with E-state index in [-0.39, 0.29) is 0 Å². The van der Waals surface area contributed by atoms with Gasteiger partial charge in [0.1, 0.15) is 0 Å². The van der Waals surface area contributed by atoms with E-state index in [0.29, 0.717) is 5.88 Å². The van der Waals surface area contributed by atoms with Crippen molar-refractivity contribution in [3.8, 4) is 5.88 Å². The zero-order valence-corrected chi connectivity index (χ0v) is 7.81. The predicted molar refractivity (Wildman–Crippen MR) is 50.9 cm³/mol. The Morgan fingerprint density at radius 3 is 3.08 bits per heavy atom. The zero-order valence-electron chi connectivity index (χ0n) is 7.00. The molecule has 2 nitrogen and oxygen atoms in total. The smallest absolute Gasteiger partial charge is 0.213 e. The van der Waals surface area contributed by atoms with Crippen LogP contribution < -0.4 is 4.74 Å². The van der Waals surface area contributed by atoms with E-state index in [9.17, 15) is 0 Å². The van der Waals surface area contributed by atoms with Crippen LogP contribution in [0.25, 0.3) is 10.1 Å². The molecule has 0 aromatic carbocycles. The molecule has 0 amide bonds. The van der Waals surface area contributed by atoms with E-state index in [2.05, 4.69) is 16.4 Å². The molecule has 0 aliphatic heterocycles. The Morgan fingerprint density at radius 2 is 2.33 bits per heavy atom. The van der Waals surface area contributed by atoms with Gasteiger partial charge in [0, 0.05) is 6.07 Å². The maximum atomic E-state index is 5.07. The number of hydrogen-bond acceptors (Lipinski definition) is 3. The third-order valence-corrected chi connectivity index (χ3v) is 2.83. The first-order chi connectivity index (χ1) is 5.81. The standard InChI is InChI=1S/C9H9NOS/c1-6-9-7(3-4-12-9)5-8(10-6)11-2/h3-5H,1-2H3. The largest absolute Gasteiger partial charge is 0.481 e. The summed E-state index contributed by atoms with van der Waals surface area (Å²) in [5, 5.41) is 3.28. The zero-order chi connectivity index (χ0) is 8.55. The first-order valence-corrected chi connectivity index (χ1v) is 4.58. The Bertz CT molecular complexity index is 408. The molecular weight excluding hydrogens is 170 g/mol. The average Bonchev–Trinajstić information content (AvgIpc) is 2.52. The van der Waals surface area contributed by atoms with Crippen molar-refractivity contribution in [2.45, 2.75) is 6.92 Å². The summed E-state index contributed by atoms with van der Waals surface area (Å²) in [5.41, 5.74) is 1.04. The second-order valence-electron chi connectivity index (χ2n) is 2.59. The maximum absolute atomic E-state index is 5.07. The minimum atomic E-state index is 0.693. The van der Waals surface area contributed by atoms with Crippen molar-refractivity contribution >= 4 is 21.4 Å². The Kier molecular flexibility index (Phi) is 1.73. The predicted octanol–water partition coefficient (Wildman–Crippen LogP) is 2.61. The van der Waals surface area contributed by atoms with Gasteiger partial charge in [0.2, 0.25) is 5.88 Å². The second kappa shape index (κ2) is 2.75. The minimum absolute atomic E-state index is 0.693. The molecule has 3 heteroatoms. The van der Waals surface area contributed by atoms with Crippen LogP contribution in [0.3, 0.4) is 0 Å². The van der Waals surface area contributed by atoms with E-state index >= 15 is 0 Å². The fourth-order valence-electron chi connectivity index (χ4n) is 1.21. The van der Waals surface area contributed by atoms with Gasteiger partial charge in [-0.1, -0.05) is 0 Å². The monoisotopic (exact) mass is 179 g/mol. The lowest BCUT2D eigenvalue weighted by atomic mass is 10.3. The number of aromatic nitrogens is 1. The van der Waals surface area contributed by atoms with Crippen LogP contribution in [0.1, 0.15) is 5.69 Å². The summed E-state index contributed by atoms with van der Waals surface area (Å²) in [6.07, 6.45) is 0. The molecule has 0 spiro atoms. The van der Waals surface area contributed by atoms with Crippen molar-refractivity contribution in [2.75, 3.05) is 7.11 Å². The van der Waals surface area contributed by atoms with Gasteiger partial charge in [-0.15, -0.1) is 11.3 Å². The first kappa shape index (κ1) is 7.55. The summed E-state index contributed by atoms with van der Waals surface area (Å²) >= 11 is 1.72. The number of nitrogens with zero attached hydrogens (tertiary/aromatic N) is 1. The number of thiophene rings is 1. The van der Waals surface area contributed by atoms with Gasteiger partial charge in [-0.2, -0.15) is 0 Å². The second-order valence-corrected chi connectivity index (χ2v) is 3.51. The summed E-state index contributed by atoms with van der Waals surface area (Å²) < 4.78 is 6.31. The van der Waals surface area contributed by atoms with Crippen molar-refractivity contribution in [1.29, 1.82) is 0 Å². The molecular formula is C9H9NOS. The highest BCUT2D eigenvalue weighted by Crippen LogP contribution is 2.26. The van der Waals surface area contributed by atoms with Crippen molar-refractivity contribution in [1.82, 2.24) is 4.98 Å². The van der Waals surface area contributed by atoms with Gasteiger partial charge >= 0.3 is 0 Å². The quantitative estimate of drug-likeness (QED) is 0.671. The molecule has 0 saturated heterocycles. The summed E-state index contributed by atoms with van der Waals surface area (Å²) in [7, 11) is 1.64. The van der Waals surface area contributed by atoms with Gasteiger partial charge in [-0.25, -0.2) is 4.98 Å². The number of aryl methyl sites for hydroxylation is 1. The van der Waals surface area contributed by atoms with Gasteiger partial charge < -0.3 is 4.74 Å². The van der Waals surface area contributed by atoms with Crippen LogP contribution in [0.4, 0.5) is 0 Å². The van der Waals surface area contributed by atoms with Gasteiger partial charge in [-0.3, -0.25) is 0 Å². The summed E-state index contributed by atoms with van der Waals surface area (Å²) in [6.45, 7) is 2.00. The Hall–Kier alpha value is -1.09. The third-order valence-electron chi connectivity index (χ3n) is 1.79. The van der Waals surface area contributed by atoms with Crippen LogP contribution in [0.15, 0.2) is 17.5 Å². The molecule has 0 bridgehead atoms. The van der Waals surface area contributed by atoms with E-state index in [0.717, 1.165) is 5.69 Å². The van der Waals surface area contributed by atoms with Crippen LogP contribution in [0.5, 0.6) is 5.88 Å². The Labute approximate surface area is 74.8 Å². The first-order valence-electron chi connectivity index (χ1n) is 3.70. The molecule has 0 aliphatic carbocycles. The van der Waals surface area contributed by atoms with Crippen LogP contribution in [-0.2, 0) is 0 Å². The third kappa shape index (κ3) is 1.06. The Morgan fingerprint density at radius 1 is 1.50 bits per heavy atom. The van der Waals surface area contributed by atoms with Gasteiger partial charge in [0.05, 0.1) is 17.5 Å². The lowest BCUT2D eigenvalue weighted by Crippen LogP contribution is -1.88. The van der Waals surface area contributed by atoms with E-state index in [4.69, 9.17) is 4.74 Å². The van der Waals surface area contributed by atoms with Gasteiger partial charge in [0.15, 0.2) is 0 Å². The van der Waals surface area contributed by atoms with E-state index < -0.39 is 0 Å². The fourth-order valence-corrected chi connectivity index (χ4v) is 2.04. The normalized spacial score (nSPS) is 10.5. The van der Waals surface area contributed by atoms with Gasteiger partial charge in [0.25, 0.3) is 0 Å². The molecule has 62 valence electrons. The molecule has 2 heterocycles. The summed E-state index contributed by atoms with van der Waals surface area (Å²) in [5.74, 6) is 0.693. The molecule has 0 unspecified atom stereocenters. The van der Waals surface area contributed by atoms with E-state index in [1.54, 1.807) is 18.4 Å². The highest BCUT2D eigenvalue weighted by Gasteiger charge is 2.02. The number of pyridine rings is 1. The molecule has 0 aliphatic rings. The minimum Gasteiger partial charge on any atom is -0.481 e. The molecule has 0 N–H and O–H groups in total. The molecule has 0 fully saturated rings. The molecule has 2 rings (SSSR count). The molecule has 2 aromatic rings. The SMILES string of the molecule is COc1cc2ccsc2c(C)n1. The number of fused-ring (bicyclic) bond motifs is 1. The molecule has 0 atom stereocenters. The average molecular weight is 179 g/mol. The van der Waals surface area contributed by atoms with E-state index in [1.807, 2.05) is 13.0 Å². The van der Waals surface area contributed by atoms with Gasteiger partial charge in [-0.05, 0) is 23.8 Å². The number of rotatable bonds is 1. The van der Waals surface area contributed by atoms with Crippen LogP contribution in [-0.4, -0.2) is 12.1 Å². The Balaban J connectivity index is 2.75. The van der Waals surface area contributed by atoms with Crippen molar-refractivity contribution in [3.05, 3.63) is 23.2 Å². The number of methoxy groups -OCH3 is 1. The highest BCUT2D eigenvalue weighted by atomic mass is 32.1. The summed E-state index contributed by atoms with van der Waals surface area (Å²) in [6, 6.07) is 4.04. The van der Waals surface area contributed by atoms with E-state index in [1.165, 1.54) is 10.1 Å². The fraction of sp³-hybridized carbons (Fsp3) is 0.222. The lowest BCUT2D eigenvalue weighted by Gasteiger charge is -2.00. The lowest BCUT2D eigenvalue weighted by molar-refractivity contribution is 0.398. The summed E-state index contributed by atoms with van der Waals surface area (Å²) in [4.78, 5) is 4.28. The molecule has 0 saturated carbocycles. The maximum Gasteiger partial charge on any atom is 0.213 e. The molecule has 2 aromatic heterocycles. The topological polar surface area (TPSA) is 22.1 Å². The van der Waals surface area contributed by atoms with Crippen molar-refractivity contribution in [2.24, 2.45) is 0 Å².